The van der Waals surface area contributed by atoms with Gasteiger partial charge in [0.15, 0.2) is 5.78 Å². The molecule has 3 heteroatoms. The fourth-order valence-electron chi connectivity index (χ4n) is 1.52. The summed E-state index contributed by atoms with van der Waals surface area (Å²) in [4.78, 5) is 11.7. The minimum Gasteiger partial charge on any atom is -0.294 e. The van der Waals surface area contributed by atoms with Gasteiger partial charge in [-0.05, 0) is 24.6 Å². The molecular weight excluding hydrogens is 198 g/mol. The van der Waals surface area contributed by atoms with Crippen molar-refractivity contribution in [3.05, 3.63) is 35.4 Å². The minimum absolute atomic E-state index is 0.143. The highest BCUT2D eigenvalue weighted by Crippen LogP contribution is 2.17. The summed E-state index contributed by atoms with van der Waals surface area (Å²) < 4.78 is 26.1. The van der Waals surface area contributed by atoms with Crippen molar-refractivity contribution >= 4 is 5.78 Å². The Bertz CT molecular complexity index is 361. The molecule has 1 nitrogen and oxygen atoms in total. The van der Waals surface area contributed by atoms with Gasteiger partial charge in [0.1, 0.15) is 11.6 Å². The lowest BCUT2D eigenvalue weighted by atomic mass is 9.95. The average Bonchev–Trinajstić information content (AvgIpc) is 2.21. The Morgan fingerprint density at radius 2 is 2.07 bits per heavy atom. The molecule has 0 aromatic heterocycles. The molecule has 0 aliphatic carbocycles. The second-order valence-electron chi connectivity index (χ2n) is 3.68. The molecule has 0 heterocycles. The van der Waals surface area contributed by atoms with Crippen LogP contribution in [0.25, 0.3) is 0 Å². The van der Waals surface area contributed by atoms with Crippen LogP contribution in [0.3, 0.4) is 0 Å². The lowest BCUT2D eigenvalue weighted by Crippen LogP contribution is -2.13. The van der Waals surface area contributed by atoms with Crippen molar-refractivity contribution in [1.82, 2.24) is 0 Å². The average molecular weight is 212 g/mol. The predicted molar refractivity (Wildman–Crippen MR) is 54.8 cm³/mol. The molecule has 0 saturated heterocycles. The molecule has 0 N–H and O–H groups in total. The molecule has 0 aliphatic rings. The van der Waals surface area contributed by atoms with Gasteiger partial charge in [-0.2, -0.15) is 0 Å². The summed E-state index contributed by atoms with van der Waals surface area (Å²) in [5, 5.41) is 0. The monoisotopic (exact) mass is 212 g/mol. The summed E-state index contributed by atoms with van der Waals surface area (Å²) in [6.45, 7) is 3.68. The van der Waals surface area contributed by atoms with Crippen LogP contribution in [0.1, 0.15) is 37.0 Å². The third-order valence-electron chi connectivity index (χ3n) is 2.36. The number of hydrogen-bond donors (Lipinski definition) is 0. The molecule has 0 spiro atoms. The van der Waals surface area contributed by atoms with E-state index in [1.165, 1.54) is 0 Å². The minimum atomic E-state index is -0.649. The maximum absolute atomic E-state index is 13.2. The van der Waals surface area contributed by atoms with E-state index in [1.807, 2.05) is 6.92 Å². The largest absolute Gasteiger partial charge is 0.294 e. The van der Waals surface area contributed by atoms with Gasteiger partial charge in [-0.15, -0.1) is 0 Å². The summed E-state index contributed by atoms with van der Waals surface area (Å²) in [5.41, 5.74) is -0.143. The number of Topliss-reactive ketones (excluding diaryl/α,β-unsaturated/α-hetero) is 1. The standard InChI is InChI=1S/C12H14F2O/c1-3-4-8(2)12(15)10-7-9(13)5-6-11(10)14/h5-8H,3-4H2,1-2H3. The lowest BCUT2D eigenvalue weighted by Gasteiger charge is -2.09. The maximum atomic E-state index is 13.2. The Morgan fingerprint density at radius 3 is 2.67 bits per heavy atom. The topological polar surface area (TPSA) is 17.1 Å². The molecule has 1 aromatic carbocycles. The Labute approximate surface area is 88.1 Å². The molecule has 0 bridgehead atoms. The van der Waals surface area contributed by atoms with E-state index < -0.39 is 11.6 Å². The summed E-state index contributed by atoms with van der Waals surface area (Å²) in [6, 6.07) is 2.96. The fourth-order valence-corrected chi connectivity index (χ4v) is 1.52. The molecule has 15 heavy (non-hydrogen) atoms. The molecule has 0 radical (unpaired) electrons. The van der Waals surface area contributed by atoms with E-state index in [9.17, 15) is 13.6 Å². The van der Waals surface area contributed by atoms with E-state index >= 15 is 0 Å². The predicted octanol–water partition coefficient (Wildman–Crippen LogP) is 3.58. The van der Waals surface area contributed by atoms with E-state index in [0.29, 0.717) is 6.42 Å². The fraction of sp³-hybridized carbons (Fsp3) is 0.417. The van der Waals surface area contributed by atoms with Crippen LogP contribution in [0.4, 0.5) is 8.78 Å². The van der Waals surface area contributed by atoms with Gasteiger partial charge in [-0.3, -0.25) is 4.79 Å². The quantitative estimate of drug-likeness (QED) is 0.697. The van der Waals surface area contributed by atoms with Crippen molar-refractivity contribution in [1.29, 1.82) is 0 Å². The van der Waals surface area contributed by atoms with Crippen molar-refractivity contribution in [3.8, 4) is 0 Å². The van der Waals surface area contributed by atoms with E-state index in [1.54, 1.807) is 6.92 Å². The van der Waals surface area contributed by atoms with E-state index in [-0.39, 0.29) is 17.3 Å². The Kier molecular flexibility index (Phi) is 3.95. The molecule has 1 atom stereocenters. The van der Waals surface area contributed by atoms with Gasteiger partial charge in [0.05, 0.1) is 5.56 Å². The maximum Gasteiger partial charge on any atom is 0.168 e. The molecular formula is C12H14F2O. The molecule has 1 unspecified atom stereocenters. The highest BCUT2D eigenvalue weighted by atomic mass is 19.1. The van der Waals surface area contributed by atoms with Gasteiger partial charge in [0.25, 0.3) is 0 Å². The first-order valence-corrected chi connectivity index (χ1v) is 5.05. The smallest absolute Gasteiger partial charge is 0.168 e. The first kappa shape index (κ1) is 11.8. The van der Waals surface area contributed by atoms with Crippen LogP contribution in [0.15, 0.2) is 18.2 Å². The van der Waals surface area contributed by atoms with Crippen LogP contribution in [-0.4, -0.2) is 5.78 Å². The third-order valence-corrected chi connectivity index (χ3v) is 2.36. The Morgan fingerprint density at radius 1 is 1.40 bits per heavy atom. The summed E-state index contributed by atoms with van der Waals surface area (Å²) in [6.07, 6.45) is 1.54. The normalized spacial score (nSPS) is 12.5. The van der Waals surface area contributed by atoms with Crippen LogP contribution in [-0.2, 0) is 0 Å². The third kappa shape index (κ3) is 2.85. The number of carbonyl (C=O) groups is 1. The van der Waals surface area contributed by atoms with Gasteiger partial charge in [0.2, 0.25) is 0 Å². The SMILES string of the molecule is CCCC(C)C(=O)c1cc(F)ccc1F. The van der Waals surface area contributed by atoms with Gasteiger partial charge < -0.3 is 0 Å². The van der Waals surface area contributed by atoms with Crippen molar-refractivity contribution in [3.63, 3.8) is 0 Å². The number of carbonyl (C=O) groups excluding carboxylic acids is 1. The van der Waals surface area contributed by atoms with Crippen LogP contribution >= 0.6 is 0 Å². The number of benzene rings is 1. The zero-order valence-corrected chi connectivity index (χ0v) is 8.89. The van der Waals surface area contributed by atoms with Crippen molar-refractivity contribution in [2.45, 2.75) is 26.7 Å². The van der Waals surface area contributed by atoms with E-state index in [4.69, 9.17) is 0 Å². The van der Waals surface area contributed by atoms with E-state index in [2.05, 4.69) is 0 Å². The van der Waals surface area contributed by atoms with Gasteiger partial charge in [-0.1, -0.05) is 20.3 Å². The first-order valence-electron chi connectivity index (χ1n) is 5.05. The van der Waals surface area contributed by atoms with Gasteiger partial charge >= 0.3 is 0 Å². The summed E-state index contributed by atoms with van der Waals surface area (Å²) in [5.74, 6) is -1.81. The zero-order chi connectivity index (χ0) is 11.4. The second-order valence-corrected chi connectivity index (χ2v) is 3.68. The van der Waals surface area contributed by atoms with Crippen molar-refractivity contribution < 1.29 is 13.6 Å². The van der Waals surface area contributed by atoms with Crippen LogP contribution in [0, 0.1) is 17.6 Å². The Hall–Kier alpha value is -1.25. The summed E-state index contributed by atoms with van der Waals surface area (Å²) in [7, 11) is 0. The van der Waals surface area contributed by atoms with Crippen molar-refractivity contribution in [2.24, 2.45) is 5.92 Å². The van der Waals surface area contributed by atoms with Crippen LogP contribution < -0.4 is 0 Å². The summed E-state index contributed by atoms with van der Waals surface area (Å²) >= 11 is 0. The first-order chi connectivity index (χ1) is 7.06. The number of ketones is 1. The highest BCUT2D eigenvalue weighted by Gasteiger charge is 2.18. The molecule has 82 valence electrons. The molecule has 1 rings (SSSR count). The van der Waals surface area contributed by atoms with E-state index in [0.717, 1.165) is 24.6 Å². The highest BCUT2D eigenvalue weighted by molar-refractivity contribution is 5.97. The molecule has 0 amide bonds. The van der Waals surface area contributed by atoms with Gasteiger partial charge in [0, 0.05) is 5.92 Å². The van der Waals surface area contributed by atoms with Gasteiger partial charge in [-0.25, -0.2) is 8.78 Å². The number of hydrogen-bond acceptors (Lipinski definition) is 1. The molecule has 0 aliphatic heterocycles. The van der Waals surface area contributed by atoms with Crippen LogP contribution in [0.2, 0.25) is 0 Å². The molecule has 0 fully saturated rings. The zero-order valence-electron chi connectivity index (χ0n) is 8.89. The molecule has 0 saturated carbocycles. The van der Waals surface area contributed by atoms with Crippen molar-refractivity contribution in [2.75, 3.05) is 0 Å². The number of halogens is 2. The molecule has 1 aromatic rings. The number of rotatable bonds is 4. The Balaban J connectivity index is 2.95. The second kappa shape index (κ2) is 5.01. The van der Waals surface area contributed by atoms with Crippen LogP contribution in [0.5, 0.6) is 0 Å². The lowest BCUT2D eigenvalue weighted by molar-refractivity contribution is 0.0919.